The Morgan fingerprint density at radius 2 is 1.70 bits per heavy atom. The summed E-state index contributed by atoms with van der Waals surface area (Å²) < 4.78 is 0. The fourth-order valence-electron chi connectivity index (χ4n) is 4.17. The number of phenols is 1. The van der Waals surface area contributed by atoms with Crippen molar-refractivity contribution in [1.29, 1.82) is 0 Å². The van der Waals surface area contributed by atoms with Crippen molar-refractivity contribution in [2.24, 2.45) is 0 Å². The highest BCUT2D eigenvalue weighted by Gasteiger charge is 2.35. The van der Waals surface area contributed by atoms with Gasteiger partial charge in [0.15, 0.2) is 0 Å². The average Bonchev–Trinajstić information content (AvgIpc) is 2.46. The molecule has 0 spiro atoms. The number of rotatable bonds is 5. The van der Waals surface area contributed by atoms with E-state index in [2.05, 4.69) is 43.9 Å². The van der Waals surface area contributed by atoms with Gasteiger partial charge in [-0.3, -0.25) is 4.90 Å². The minimum absolute atomic E-state index is 0. The molecule has 3 rings (SSSR count). The summed E-state index contributed by atoms with van der Waals surface area (Å²) in [4.78, 5) is 2.65. The molecule has 0 saturated carbocycles. The predicted octanol–water partition coefficient (Wildman–Crippen LogP) is 5.10. The molecule has 0 fully saturated rings. The smallest absolute Gasteiger partial charge is 0.116 e. The van der Waals surface area contributed by atoms with Crippen molar-refractivity contribution in [2.45, 2.75) is 52.0 Å². The monoisotopic (exact) mass is 377 g/mol. The van der Waals surface area contributed by atoms with Crippen LogP contribution in [-0.2, 0) is 12.8 Å². The zero-order valence-electron chi connectivity index (χ0n) is 14.4. The lowest BCUT2D eigenvalue weighted by Gasteiger charge is -2.44. The summed E-state index contributed by atoms with van der Waals surface area (Å²) in [5.74, 6) is 0.390. The number of hydrogen-bond donors (Lipinski definition) is 1. The molecule has 1 unspecified atom stereocenters. The number of nitrogens with zero attached hydrogens (tertiary/aromatic N) is 1. The molecule has 1 aliphatic carbocycles. The lowest BCUT2D eigenvalue weighted by Crippen LogP contribution is -2.51. The molecule has 3 heteroatoms. The zero-order chi connectivity index (χ0) is 15.7. The van der Waals surface area contributed by atoms with Crippen LogP contribution in [0.3, 0.4) is 0 Å². The lowest BCUT2D eigenvalue weighted by molar-refractivity contribution is 0.101. The third kappa shape index (κ3) is 3.41. The predicted molar refractivity (Wildman–Crippen MR) is 104 cm³/mol. The molecule has 0 bridgehead atoms. The van der Waals surface area contributed by atoms with Crippen LogP contribution >= 0.6 is 17.0 Å². The number of hydrogen-bond acceptors (Lipinski definition) is 2. The number of phenolic OH excluding ortho intramolecular Hbond substituents is 1. The highest BCUT2D eigenvalue weighted by molar-refractivity contribution is 8.93. The molecular weight excluding hydrogens is 350 g/mol. The van der Waals surface area contributed by atoms with E-state index in [1.54, 1.807) is 0 Å². The molecule has 1 N–H and O–H groups in total. The van der Waals surface area contributed by atoms with Crippen LogP contribution in [0, 0.1) is 0 Å². The van der Waals surface area contributed by atoms with Crippen LogP contribution in [0.1, 0.15) is 44.7 Å². The minimum Gasteiger partial charge on any atom is -0.508 e. The van der Waals surface area contributed by atoms with Crippen LogP contribution in [-0.4, -0.2) is 28.6 Å². The maximum absolute atomic E-state index is 10.1. The molecule has 1 aliphatic rings. The average molecular weight is 378 g/mol. The van der Waals surface area contributed by atoms with E-state index >= 15 is 0 Å². The summed E-state index contributed by atoms with van der Waals surface area (Å²) in [5.41, 5.74) is 2.89. The second-order valence-corrected chi connectivity index (χ2v) is 6.96. The summed E-state index contributed by atoms with van der Waals surface area (Å²) in [6, 6.07) is 10.4. The highest BCUT2D eigenvalue weighted by atomic mass is 79.9. The van der Waals surface area contributed by atoms with E-state index in [0.717, 1.165) is 25.9 Å². The fraction of sp³-hybridized carbons (Fsp3) is 0.500. The molecule has 0 radical (unpaired) electrons. The Morgan fingerprint density at radius 3 is 2.35 bits per heavy atom. The number of benzene rings is 2. The normalized spacial score (nSPS) is 19.8. The van der Waals surface area contributed by atoms with Crippen molar-refractivity contribution in [1.82, 2.24) is 4.90 Å². The van der Waals surface area contributed by atoms with Crippen LogP contribution < -0.4 is 0 Å². The molecule has 0 heterocycles. The fourth-order valence-corrected chi connectivity index (χ4v) is 4.17. The van der Waals surface area contributed by atoms with Gasteiger partial charge >= 0.3 is 0 Å². The Morgan fingerprint density at radius 1 is 1.04 bits per heavy atom. The Hall–Kier alpha value is -1.06. The molecular formula is C20H28BrNO. The van der Waals surface area contributed by atoms with Crippen LogP contribution in [0.5, 0.6) is 5.75 Å². The van der Waals surface area contributed by atoms with Crippen LogP contribution in [0.25, 0.3) is 10.8 Å². The highest BCUT2D eigenvalue weighted by Crippen LogP contribution is 2.39. The van der Waals surface area contributed by atoms with Gasteiger partial charge in [-0.25, -0.2) is 0 Å². The third-order valence-corrected chi connectivity index (χ3v) is 5.02. The van der Waals surface area contributed by atoms with Gasteiger partial charge in [0, 0.05) is 5.54 Å². The van der Waals surface area contributed by atoms with Crippen molar-refractivity contribution in [2.75, 3.05) is 13.1 Å². The van der Waals surface area contributed by atoms with Crippen molar-refractivity contribution in [3.05, 3.63) is 41.5 Å². The van der Waals surface area contributed by atoms with Crippen molar-refractivity contribution in [3.8, 4) is 5.75 Å². The topological polar surface area (TPSA) is 23.5 Å². The summed E-state index contributed by atoms with van der Waals surface area (Å²) in [7, 11) is 0. The van der Waals surface area contributed by atoms with Gasteiger partial charge in [0.25, 0.3) is 0 Å². The van der Waals surface area contributed by atoms with E-state index in [0.29, 0.717) is 5.75 Å². The van der Waals surface area contributed by atoms with Gasteiger partial charge in [-0.15, -0.1) is 17.0 Å². The molecule has 2 aromatic rings. The SMILES string of the molecule is Br.CCCN(CCC)C1(C)Cc2cccc3cc(O)cc(c23)C1. The maximum Gasteiger partial charge on any atom is 0.116 e. The van der Waals surface area contributed by atoms with Crippen molar-refractivity contribution in [3.63, 3.8) is 0 Å². The van der Waals surface area contributed by atoms with Crippen LogP contribution in [0.4, 0.5) is 0 Å². The molecule has 23 heavy (non-hydrogen) atoms. The molecule has 0 aliphatic heterocycles. The van der Waals surface area contributed by atoms with Crippen molar-refractivity contribution >= 4 is 27.8 Å². The zero-order valence-corrected chi connectivity index (χ0v) is 16.1. The first kappa shape index (κ1) is 18.3. The van der Waals surface area contributed by atoms with Gasteiger partial charge in [0.1, 0.15) is 5.75 Å². The van der Waals surface area contributed by atoms with Crippen LogP contribution in [0.2, 0.25) is 0 Å². The Labute approximate surface area is 150 Å². The van der Waals surface area contributed by atoms with Gasteiger partial charge in [0.2, 0.25) is 0 Å². The Kier molecular flexibility index (Phi) is 5.74. The van der Waals surface area contributed by atoms with Crippen molar-refractivity contribution < 1.29 is 5.11 Å². The van der Waals surface area contributed by atoms with Gasteiger partial charge in [-0.2, -0.15) is 0 Å². The Bertz CT molecular complexity index is 679. The first-order valence-corrected chi connectivity index (χ1v) is 8.56. The maximum atomic E-state index is 10.1. The molecule has 2 aromatic carbocycles. The van der Waals surface area contributed by atoms with Gasteiger partial charge in [-0.1, -0.05) is 32.0 Å². The molecule has 0 aromatic heterocycles. The first-order valence-electron chi connectivity index (χ1n) is 8.56. The number of halogens is 1. The summed E-state index contributed by atoms with van der Waals surface area (Å²) in [5, 5.41) is 12.6. The van der Waals surface area contributed by atoms with Gasteiger partial charge in [0.05, 0.1) is 0 Å². The summed E-state index contributed by atoms with van der Waals surface area (Å²) >= 11 is 0. The van der Waals surface area contributed by atoms with E-state index in [4.69, 9.17) is 0 Å². The standard InChI is InChI=1S/C20H27NO.BrH/c1-4-9-21(10-5-2)20(3)13-16-8-6-7-15-11-18(22)12-17(14-20)19(15)16;/h6-8,11-12,22H,4-5,9-10,13-14H2,1-3H3;1H. The lowest BCUT2D eigenvalue weighted by atomic mass is 9.76. The van der Waals surface area contributed by atoms with E-state index in [1.165, 1.54) is 34.7 Å². The number of aromatic hydroxyl groups is 1. The quantitative estimate of drug-likeness (QED) is 0.782. The van der Waals surface area contributed by atoms with E-state index in [1.807, 2.05) is 12.1 Å². The second-order valence-electron chi connectivity index (χ2n) is 6.96. The largest absolute Gasteiger partial charge is 0.508 e. The third-order valence-electron chi connectivity index (χ3n) is 5.02. The molecule has 126 valence electrons. The Balaban J connectivity index is 0.00000192. The molecule has 0 saturated heterocycles. The van der Waals surface area contributed by atoms with E-state index in [-0.39, 0.29) is 22.5 Å². The molecule has 1 atom stereocenters. The van der Waals surface area contributed by atoms with E-state index in [9.17, 15) is 5.11 Å². The summed E-state index contributed by atoms with van der Waals surface area (Å²) in [6.07, 6.45) is 4.50. The minimum atomic E-state index is 0. The van der Waals surface area contributed by atoms with E-state index < -0.39 is 0 Å². The molecule has 2 nitrogen and oxygen atoms in total. The van der Waals surface area contributed by atoms with Gasteiger partial charge < -0.3 is 5.11 Å². The van der Waals surface area contributed by atoms with Crippen LogP contribution in [0.15, 0.2) is 30.3 Å². The first-order chi connectivity index (χ1) is 10.6. The van der Waals surface area contributed by atoms with Gasteiger partial charge in [-0.05, 0) is 79.7 Å². The summed E-state index contributed by atoms with van der Waals surface area (Å²) in [6.45, 7) is 9.21. The second kappa shape index (κ2) is 7.23. The molecule has 0 amide bonds.